The minimum atomic E-state index is -0.155. The van der Waals surface area contributed by atoms with Crippen molar-refractivity contribution in [3.63, 3.8) is 0 Å². The molecule has 0 radical (unpaired) electrons. The molecule has 0 unspecified atom stereocenters. The summed E-state index contributed by atoms with van der Waals surface area (Å²) >= 11 is 6.23. The molecule has 0 spiro atoms. The van der Waals surface area contributed by atoms with Gasteiger partial charge < -0.3 is 15.1 Å². The van der Waals surface area contributed by atoms with Crippen LogP contribution in [0.1, 0.15) is 22.8 Å². The SMILES string of the molecule is CCN1CCN(c2ccc(Cl)cc2NC(=O)c2ccc(Cn3cncn3)cc2)CC1. The van der Waals surface area contributed by atoms with E-state index in [9.17, 15) is 4.79 Å². The van der Waals surface area contributed by atoms with Gasteiger partial charge in [0.25, 0.3) is 5.91 Å². The summed E-state index contributed by atoms with van der Waals surface area (Å²) in [4.78, 5) is 21.5. The molecule has 1 aromatic heterocycles. The Bertz CT molecular complexity index is 981. The zero-order valence-electron chi connectivity index (χ0n) is 17.0. The average Bonchev–Trinajstić information content (AvgIpc) is 3.27. The summed E-state index contributed by atoms with van der Waals surface area (Å²) in [6.07, 6.45) is 3.17. The number of rotatable bonds is 6. The van der Waals surface area contributed by atoms with Crippen LogP contribution in [0.4, 0.5) is 11.4 Å². The van der Waals surface area contributed by atoms with Gasteiger partial charge in [0.15, 0.2) is 0 Å². The van der Waals surface area contributed by atoms with Crippen molar-refractivity contribution in [1.82, 2.24) is 19.7 Å². The van der Waals surface area contributed by atoms with Gasteiger partial charge in [0.05, 0.1) is 17.9 Å². The van der Waals surface area contributed by atoms with Crippen molar-refractivity contribution in [2.75, 3.05) is 42.9 Å². The number of piperazine rings is 1. The van der Waals surface area contributed by atoms with Crippen LogP contribution in [-0.2, 0) is 6.54 Å². The van der Waals surface area contributed by atoms with Crippen LogP contribution in [0.25, 0.3) is 0 Å². The van der Waals surface area contributed by atoms with E-state index in [2.05, 4.69) is 32.1 Å². The molecule has 4 rings (SSSR count). The van der Waals surface area contributed by atoms with Crippen molar-refractivity contribution in [3.05, 3.63) is 71.3 Å². The van der Waals surface area contributed by atoms with E-state index in [1.807, 2.05) is 42.5 Å². The minimum Gasteiger partial charge on any atom is -0.367 e. The summed E-state index contributed by atoms with van der Waals surface area (Å²) in [5, 5.41) is 7.75. The second kappa shape index (κ2) is 9.28. The number of aromatic nitrogens is 3. The van der Waals surface area contributed by atoms with Gasteiger partial charge in [0.2, 0.25) is 0 Å². The van der Waals surface area contributed by atoms with Crippen molar-refractivity contribution >= 4 is 28.9 Å². The number of nitrogens with zero attached hydrogens (tertiary/aromatic N) is 5. The number of hydrogen-bond donors (Lipinski definition) is 1. The molecule has 1 N–H and O–H groups in total. The van der Waals surface area contributed by atoms with Crippen LogP contribution >= 0.6 is 11.6 Å². The Morgan fingerprint density at radius 3 is 2.53 bits per heavy atom. The lowest BCUT2D eigenvalue weighted by molar-refractivity contribution is 0.102. The number of likely N-dealkylation sites (N-methyl/N-ethyl adjacent to an activating group) is 1. The highest BCUT2D eigenvalue weighted by Gasteiger charge is 2.19. The molecule has 8 heteroatoms. The number of carbonyl (C=O) groups excluding carboxylic acids is 1. The Morgan fingerprint density at radius 2 is 1.87 bits per heavy atom. The molecule has 1 aliphatic rings. The Hall–Kier alpha value is -2.90. The van der Waals surface area contributed by atoms with Crippen molar-refractivity contribution in [2.24, 2.45) is 0 Å². The molecule has 0 aliphatic carbocycles. The third kappa shape index (κ3) is 4.80. The first-order valence-electron chi connectivity index (χ1n) is 10.1. The fourth-order valence-corrected chi connectivity index (χ4v) is 3.82. The number of anilines is 2. The molecule has 156 valence electrons. The lowest BCUT2D eigenvalue weighted by Crippen LogP contribution is -2.46. The fourth-order valence-electron chi connectivity index (χ4n) is 3.65. The molecule has 3 aromatic rings. The Morgan fingerprint density at radius 1 is 1.10 bits per heavy atom. The molecule has 1 amide bonds. The third-order valence-corrected chi connectivity index (χ3v) is 5.63. The number of benzene rings is 2. The first-order valence-corrected chi connectivity index (χ1v) is 10.5. The van der Waals surface area contributed by atoms with E-state index in [0.29, 0.717) is 17.1 Å². The van der Waals surface area contributed by atoms with Crippen LogP contribution in [0.15, 0.2) is 55.1 Å². The van der Waals surface area contributed by atoms with E-state index in [1.165, 1.54) is 6.33 Å². The van der Waals surface area contributed by atoms with Crippen LogP contribution in [0, 0.1) is 0 Å². The Balaban J connectivity index is 1.47. The van der Waals surface area contributed by atoms with Gasteiger partial charge in [-0.2, -0.15) is 5.10 Å². The molecular formula is C22H25ClN6O. The molecule has 2 aromatic carbocycles. The molecule has 1 saturated heterocycles. The van der Waals surface area contributed by atoms with Crippen LogP contribution in [0.5, 0.6) is 0 Å². The van der Waals surface area contributed by atoms with Crippen molar-refractivity contribution in [3.8, 4) is 0 Å². The van der Waals surface area contributed by atoms with Crippen molar-refractivity contribution < 1.29 is 4.79 Å². The summed E-state index contributed by atoms with van der Waals surface area (Å²) < 4.78 is 1.74. The van der Waals surface area contributed by atoms with Crippen LogP contribution in [0.2, 0.25) is 5.02 Å². The molecule has 1 aliphatic heterocycles. The zero-order valence-corrected chi connectivity index (χ0v) is 17.7. The predicted molar refractivity (Wildman–Crippen MR) is 119 cm³/mol. The number of amides is 1. The fraction of sp³-hybridized carbons (Fsp3) is 0.318. The summed E-state index contributed by atoms with van der Waals surface area (Å²) in [5.74, 6) is -0.155. The summed E-state index contributed by atoms with van der Waals surface area (Å²) in [6.45, 7) is 7.74. The maximum absolute atomic E-state index is 12.9. The highest BCUT2D eigenvalue weighted by molar-refractivity contribution is 6.31. The van der Waals surface area contributed by atoms with E-state index in [-0.39, 0.29) is 5.91 Å². The highest BCUT2D eigenvalue weighted by Crippen LogP contribution is 2.30. The second-order valence-electron chi connectivity index (χ2n) is 7.33. The van der Waals surface area contributed by atoms with Gasteiger partial charge in [-0.05, 0) is 42.4 Å². The van der Waals surface area contributed by atoms with Gasteiger partial charge in [-0.25, -0.2) is 9.67 Å². The molecule has 2 heterocycles. The van der Waals surface area contributed by atoms with Gasteiger partial charge in [-0.1, -0.05) is 30.7 Å². The van der Waals surface area contributed by atoms with Crippen LogP contribution in [-0.4, -0.2) is 58.3 Å². The normalized spacial score (nSPS) is 14.7. The van der Waals surface area contributed by atoms with E-state index in [0.717, 1.165) is 49.7 Å². The largest absolute Gasteiger partial charge is 0.367 e. The molecule has 0 atom stereocenters. The third-order valence-electron chi connectivity index (χ3n) is 5.39. The Kier molecular flexibility index (Phi) is 6.30. The monoisotopic (exact) mass is 424 g/mol. The first kappa shape index (κ1) is 20.4. The lowest BCUT2D eigenvalue weighted by Gasteiger charge is -2.36. The van der Waals surface area contributed by atoms with Gasteiger partial charge in [0, 0.05) is 36.8 Å². The standard InChI is InChI=1S/C22H25ClN6O/c1-2-27-9-11-28(12-10-27)21-8-7-19(23)13-20(21)26-22(30)18-5-3-17(4-6-18)14-29-16-24-15-25-29/h3-8,13,15-16H,2,9-12,14H2,1H3,(H,26,30). The number of hydrogen-bond acceptors (Lipinski definition) is 5. The van der Waals surface area contributed by atoms with E-state index in [4.69, 9.17) is 11.6 Å². The van der Waals surface area contributed by atoms with E-state index < -0.39 is 0 Å². The Labute approximate surface area is 181 Å². The maximum atomic E-state index is 12.9. The number of carbonyl (C=O) groups is 1. The second-order valence-corrected chi connectivity index (χ2v) is 7.76. The summed E-state index contributed by atoms with van der Waals surface area (Å²) in [6, 6.07) is 13.2. The predicted octanol–water partition coefficient (Wildman–Crippen LogP) is 3.37. The lowest BCUT2D eigenvalue weighted by atomic mass is 10.1. The number of halogens is 1. The summed E-state index contributed by atoms with van der Waals surface area (Å²) in [5.41, 5.74) is 3.39. The van der Waals surface area contributed by atoms with Crippen LogP contribution in [0.3, 0.4) is 0 Å². The smallest absolute Gasteiger partial charge is 0.255 e. The molecule has 7 nitrogen and oxygen atoms in total. The van der Waals surface area contributed by atoms with Gasteiger partial charge in [0.1, 0.15) is 12.7 Å². The van der Waals surface area contributed by atoms with Gasteiger partial charge in [-0.3, -0.25) is 4.79 Å². The van der Waals surface area contributed by atoms with Crippen molar-refractivity contribution in [1.29, 1.82) is 0 Å². The van der Waals surface area contributed by atoms with Crippen molar-refractivity contribution in [2.45, 2.75) is 13.5 Å². The van der Waals surface area contributed by atoms with E-state index in [1.54, 1.807) is 11.0 Å². The van der Waals surface area contributed by atoms with Gasteiger partial charge in [-0.15, -0.1) is 0 Å². The molecular weight excluding hydrogens is 400 g/mol. The molecule has 0 bridgehead atoms. The number of nitrogens with one attached hydrogen (secondary N) is 1. The molecule has 0 saturated carbocycles. The minimum absolute atomic E-state index is 0.155. The topological polar surface area (TPSA) is 66.3 Å². The highest BCUT2D eigenvalue weighted by atomic mass is 35.5. The summed E-state index contributed by atoms with van der Waals surface area (Å²) in [7, 11) is 0. The first-order chi connectivity index (χ1) is 14.6. The average molecular weight is 425 g/mol. The van der Waals surface area contributed by atoms with E-state index >= 15 is 0 Å². The molecule has 1 fully saturated rings. The zero-order chi connectivity index (χ0) is 20.9. The van der Waals surface area contributed by atoms with Gasteiger partial charge >= 0.3 is 0 Å². The quantitative estimate of drug-likeness (QED) is 0.657. The maximum Gasteiger partial charge on any atom is 0.255 e. The molecule has 30 heavy (non-hydrogen) atoms. The van der Waals surface area contributed by atoms with Crippen LogP contribution < -0.4 is 10.2 Å².